The molecule has 34 heavy (non-hydrogen) atoms. The Hall–Kier alpha value is -3.91. The third kappa shape index (κ3) is 4.08. The van der Waals surface area contributed by atoms with Gasteiger partial charge in [-0.2, -0.15) is 0 Å². The topological polar surface area (TPSA) is 64.4 Å². The predicted octanol–water partition coefficient (Wildman–Crippen LogP) is 4.52. The largest absolute Gasteiger partial charge is 0.497 e. The Labute approximate surface area is 204 Å². The highest BCUT2D eigenvalue weighted by Crippen LogP contribution is 2.45. The van der Waals surface area contributed by atoms with Crippen molar-refractivity contribution in [2.45, 2.75) is 18.6 Å². The fraction of sp³-hybridized carbons (Fsp3) is 0.192. The monoisotopic (exact) mass is 471 g/mol. The minimum Gasteiger partial charge on any atom is -0.497 e. The maximum atomic E-state index is 5.87. The Morgan fingerprint density at radius 2 is 1.91 bits per heavy atom. The molecular weight excluding hydrogens is 446 g/mol. The number of hydrogen-bond donors (Lipinski definition) is 1. The van der Waals surface area contributed by atoms with E-state index in [-0.39, 0.29) is 12.1 Å². The Morgan fingerprint density at radius 3 is 2.65 bits per heavy atom. The summed E-state index contributed by atoms with van der Waals surface area (Å²) in [6.45, 7) is 0.696. The van der Waals surface area contributed by atoms with Crippen molar-refractivity contribution in [3.8, 4) is 11.5 Å². The van der Waals surface area contributed by atoms with Gasteiger partial charge in [0.15, 0.2) is 5.11 Å². The summed E-state index contributed by atoms with van der Waals surface area (Å²) in [7, 11) is 3.29. The molecule has 0 unspecified atom stereocenters. The van der Waals surface area contributed by atoms with Gasteiger partial charge >= 0.3 is 0 Å². The van der Waals surface area contributed by atoms with Gasteiger partial charge in [0.05, 0.1) is 31.6 Å². The lowest BCUT2D eigenvalue weighted by atomic mass is 10.0. The summed E-state index contributed by atoms with van der Waals surface area (Å²) < 4.78 is 13.4. The van der Waals surface area contributed by atoms with Crippen molar-refractivity contribution in [1.29, 1.82) is 0 Å². The highest BCUT2D eigenvalue weighted by atomic mass is 32.1. The maximum Gasteiger partial charge on any atom is 0.174 e. The molecule has 4 heterocycles. The summed E-state index contributed by atoms with van der Waals surface area (Å²) in [6, 6.07) is 19.6. The molecule has 1 aliphatic rings. The lowest BCUT2D eigenvalue weighted by Gasteiger charge is -2.30. The summed E-state index contributed by atoms with van der Waals surface area (Å²) in [5.41, 5.74) is 4.00. The Bertz CT molecular complexity index is 1280. The number of nitrogens with zero attached hydrogens (tertiary/aromatic N) is 4. The Balaban J connectivity index is 1.63. The number of hydrogen-bond acceptors (Lipinski definition) is 5. The molecule has 0 bridgehead atoms. The second-order valence-electron chi connectivity index (χ2n) is 7.96. The van der Waals surface area contributed by atoms with Crippen LogP contribution in [0.5, 0.6) is 11.5 Å². The third-order valence-electron chi connectivity index (χ3n) is 5.99. The molecule has 0 saturated carbocycles. The average Bonchev–Trinajstić information content (AvgIpc) is 3.48. The molecule has 172 valence electrons. The first-order valence-corrected chi connectivity index (χ1v) is 11.4. The highest BCUT2D eigenvalue weighted by Gasteiger charge is 2.43. The molecule has 4 aromatic rings. The van der Waals surface area contributed by atoms with E-state index < -0.39 is 0 Å². The molecule has 5 rings (SSSR count). The molecule has 1 saturated heterocycles. The van der Waals surface area contributed by atoms with Crippen LogP contribution in [0, 0.1) is 0 Å². The zero-order chi connectivity index (χ0) is 23.5. The Kier molecular flexibility index (Phi) is 6.14. The van der Waals surface area contributed by atoms with E-state index in [2.05, 4.69) is 49.1 Å². The molecule has 0 aliphatic carbocycles. The van der Waals surface area contributed by atoms with Crippen molar-refractivity contribution in [1.82, 2.24) is 19.9 Å². The third-order valence-corrected chi connectivity index (χ3v) is 6.30. The van der Waals surface area contributed by atoms with Crippen LogP contribution in [0.2, 0.25) is 0 Å². The summed E-state index contributed by atoms with van der Waals surface area (Å²) in [5.74, 6) is 1.40. The molecule has 1 fully saturated rings. The van der Waals surface area contributed by atoms with Crippen molar-refractivity contribution < 1.29 is 9.47 Å². The molecule has 2 atom stereocenters. The molecule has 8 heteroatoms. The highest BCUT2D eigenvalue weighted by molar-refractivity contribution is 7.80. The van der Waals surface area contributed by atoms with Gasteiger partial charge in [-0.1, -0.05) is 12.1 Å². The minimum atomic E-state index is -0.156. The fourth-order valence-electron chi connectivity index (χ4n) is 4.43. The van der Waals surface area contributed by atoms with Gasteiger partial charge in [-0.05, 0) is 60.2 Å². The van der Waals surface area contributed by atoms with Gasteiger partial charge in [0.25, 0.3) is 0 Å². The number of nitrogens with one attached hydrogen (secondary N) is 1. The van der Waals surface area contributed by atoms with E-state index in [9.17, 15) is 0 Å². The van der Waals surface area contributed by atoms with E-state index in [0.717, 1.165) is 28.4 Å². The van der Waals surface area contributed by atoms with Gasteiger partial charge in [-0.15, -0.1) is 0 Å². The second-order valence-corrected chi connectivity index (χ2v) is 8.34. The first-order valence-electron chi connectivity index (χ1n) is 11.0. The van der Waals surface area contributed by atoms with Gasteiger partial charge < -0.3 is 24.3 Å². The number of benzene rings is 1. The van der Waals surface area contributed by atoms with E-state index >= 15 is 0 Å². The zero-order valence-electron chi connectivity index (χ0n) is 19.0. The standard InChI is InChI=1S/C26H25N5O2S/c1-32-19-10-11-21(23(15-19)33-2)31-25(24(29-26(31)34)20-8-3-4-13-28-20)22-9-6-14-30(22)17-18-7-5-12-27-16-18/h3-16,24-25H,17H2,1-2H3,(H,29,34)/t24-,25-/m1/s1. The Morgan fingerprint density at radius 1 is 1.00 bits per heavy atom. The quantitative estimate of drug-likeness (QED) is 0.398. The number of aromatic nitrogens is 3. The van der Waals surface area contributed by atoms with Crippen LogP contribution in [0.1, 0.15) is 29.0 Å². The van der Waals surface area contributed by atoms with Gasteiger partial charge in [-0.3, -0.25) is 9.97 Å². The van der Waals surface area contributed by atoms with Crippen molar-refractivity contribution in [3.63, 3.8) is 0 Å². The molecular formula is C26H25N5O2S. The smallest absolute Gasteiger partial charge is 0.174 e. The van der Waals surface area contributed by atoms with Crippen molar-refractivity contribution in [2.24, 2.45) is 0 Å². The van der Waals surface area contributed by atoms with Crippen LogP contribution in [0.4, 0.5) is 5.69 Å². The van der Waals surface area contributed by atoms with Crippen LogP contribution < -0.4 is 19.7 Å². The molecule has 1 aromatic carbocycles. The van der Waals surface area contributed by atoms with E-state index in [4.69, 9.17) is 21.7 Å². The van der Waals surface area contributed by atoms with Gasteiger partial charge in [-0.25, -0.2) is 0 Å². The normalized spacial score (nSPS) is 17.5. The zero-order valence-corrected chi connectivity index (χ0v) is 19.8. The molecule has 1 aliphatic heterocycles. The number of ether oxygens (including phenoxy) is 2. The summed E-state index contributed by atoms with van der Waals surface area (Å²) in [4.78, 5) is 11.0. The molecule has 0 amide bonds. The molecule has 3 aromatic heterocycles. The van der Waals surface area contributed by atoms with Gasteiger partial charge in [0, 0.05) is 43.1 Å². The average molecular weight is 472 g/mol. The minimum absolute atomic E-state index is 0.150. The number of rotatable bonds is 7. The maximum absolute atomic E-state index is 5.87. The predicted molar refractivity (Wildman–Crippen MR) is 135 cm³/mol. The van der Waals surface area contributed by atoms with Crippen LogP contribution in [0.25, 0.3) is 0 Å². The van der Waals surface area contributed by atoms with Gasteiger partial charge in [0.1, 0.15) is 17.5 Å². The van der Waals surface area contributed by atoms with Crippen LogP contribution in [-0.2, 0) is 6.54 Å². The van der Waals surface area contributed by atoms with E-state index in [1.165, 1.54) is 0 Å². The van der Waals surface area contributed by atoms with Crippen LogP contribution in [0.15, 0.2) is 85.5 Å². The van der Waals surface area contributed by atoms with Crippen molar-refractivity contribution in [2.75, 3.05) is 19.1 Å². The number of pyridine rings is 2. The summed E-state index contributed by atoms with van der Waals surface area (Å²) in [6.07, 6.45) is 7.57. The van der Waals surface area contributed by atoms with Crippen molar-refractivity contribution >= 4 is 23.0 Å². The van der Waals surface area contributed by atoms with Gasteiger partial charge in [0.2, 0.25) is 0 Å². The first kappa shape index (κ1) is 21.9. The van der Waals surface area contributed by atoms with Crippen LogP contribution >= 0.6 is 12.2 Å². The van der Waals surface area contributed by atoms with Crippen LogP contribution in [0.3, 0.4) is 0 Å². The lowest BCUT2D eigenvalue weighted by molar-refractivity contribution is 0.394. The fourth-order valence-corrected chi connectivity index (χ4v) is 4.77. The number of anilines is 1. The molecule has 0 radical (unpaired) electrons. The summed E-state index contributed by atoms with van der Waals surface area (Å²) in [5, 5.41) is 4.12. The lowest BCUT2D eigenvalue weighted by Crippen LogP contribution is -2.30. The van der Waals surface area contributed by atoms with E-state index in [0.29, 0.717) is 17.4 Å². The SMILES string of the molecule is COc1ccc(N2C(=S)N[C@H](c3ccccn3)[C@H]2c2cccn2Cc2cccnc2)c(OC)c1. The molecule has 7 nitrogen and oxygen atoms in total. The second kappa shape index (κ2) is 9.52. The van der Waals surface area contributed by atoms with E-state index in [1.807, 2.05) is 54.9 Å². The summed E-state index contributed by atoms with van der Waals surface area (Å²) >= 11 is 5.87. The van der Waals surface area contributed by atoms with E-state index in [1.54, 1.807) is 20.4 Å². The molecule has 0 spiro atoms. The first-order chi connectivity index (χ1) is 16.7. The van der Waals surface area contributed by atoms with Crippen molar-refractivity contribution in [3.05, 3.63) is 102 Å². The molecule has 1 N–H and O–H groups in total. The number of thiocarbonyl (C=S) groups is 1. The number of methoxy groups -OCH3 is 2. The van der Waals surface area contributed by atoms with Crippen LogP contribution in [-0.4, -0.2) is 33.9 Å².